The van der Waals surface area contributed by atoms with Crippen molar-refractivity contribution in [1.82, 2.24) is 0 Å². The number of rotatable bonds is 6. The number of ether oxygens (including phenoxy) is 1. The summed E-state index contributed by atoms with van der Waals surface area (Å²) < 4.78 is 5.95. The molecule has 0 atom stereocenters. The summed E-state index contributed by atoms with van der Waals surface area (Å²) in [5.41, 5.74) is 0.238. The van der Waals surface area contributed by atoms with Gasteiger partial charge in [-0.3, -0.25) is 4.79 Å². The average Bonchev–Trinajstić information content (AvgIpc) is 2.95. The Bertz CT molecular complexity index is 399. The smallest absolute Gasteiger partial charge is 0.306 e. The van der Waals surface area contributed by atoms with Crippen LogP contribution in [0.3, 0.4) is 0 Å². The fourth-order valence-corrected chi connectivity index (χ4v) is 4.97. The Morgan fingerprint density at radius 2 is 2.41 bits per heavy atom. The predicted octanol–water partition coefficient (Wildman–Crippen LogP) is 4.09. The lowest BCUT2D eigenvalue weighted by Gasteiger charge is -2.12. The molecule has 0 aliphatic heterocycles. The van der Waals surface area contributed by atoms with Gasteiger partial charge in [0.25, 0.3) is 0 Å². The van der Waals surface area contributed by atoms with Gasteiger partial charge in [0.1, 0.15) is 0 Å². The number of halogens is 1. The third kappa shape index (κ3) is 3.73. The molecule has 1 saturated carbocycles. The van der Waals surface area contributed by atoms with E-state index in [0.717, 1.165) is 11.5 Å². The van der Waals surface area contributed by atoms with Crippen LogP contribution in [0.4, 0.5) is 0 Å². The highest BCUT2D eigenvalue weighted by molar-refractivity contribution is 9.10. The maximum Gasteiger partial charge on any atom is 0.306 e. The molecule has 1 aliphatic carbocycles. The van der Waals surface area contributed by atoms with Gasteiger partial charge >= 0.3 is 5.97 Å². The minimum Gasteiger partial charge on any atom is -0.469 e. The molecular weight excluding hydrogens is 320 g/mol. The molecule has 2 nitrogen and oxygen atoms in total. The van der Waals surface area contributed by atoms with Crippen LogP contribution >= 0.6 is 39.0 Å². The third-order valence-corrected chi connectivity index (χ3v) is 6.45. The number of esters is 1. The first-order chi connectivity index (χ1) is 8.15. The van der Waals surface area contributed by atoms with Gasteiger partial charge in [0.15, 0.2) is 0 Å². The van der Waals surface area contributed by atoms with Gasteiger partial charge < -0.3 is 4.74 Å². The second kappa shape index (κ2) is 5.76. The maximum absolute atomic E-state index is 11.3. The molecule has 1 aromatic heterocycles. The van der Waals surface area contributed by atoms with E-state index in [-0.39, 0.29) is 11.4 Å². The maximum atomic E-state index is 11.3. The summed E-state index contributed by atoms with van der Waals surface area (Å²) in [5, 5.41) is 2.10. The number of hydrogen-bond donors (Lipinski definition) is 0. The summed E-state index contributed by atoms with van der Waals surface area (Å²) in [4.78, 5) is 12.7. The number of methoxy groups -OCH3 is 1. The zero-order valence-corrected chi connectivity index (χ0v) is 12.9. The Hall–Kier alpha value is -0.000000000000000111. The van der Waals surface area contributed by atoms with E-state index in [1.165, 1.54) is 29.3 Å². The van der Waals surface area contributed by atoms with Crippen molar-refractivity contribution in [3.05, 3.63) is 20.8 Å². The van der Waals surface area contributed by atoms with Gasteiger partial charge in [0.2, 0.25) is 0 Å². The van der Waals surface area contributed by atoms with Crippen LogP contribution in [0.2, 0.25) is 0 Å². The van der Waals surface area contributed by atoms with Crippen molar-refractivity contribution in [1.29, 1.82) is 0 Å². The molecule has 2 rings (SSSR count). The molecule has 1 aromatic rings. The van der Waals surface area contributed by atoms with Gasteiger partial charge in [0.05, 0.1) is 13.5 Å². The van der Waals surface area contributed by atoms with Crippen LogP contribution in [0.15, 0.2) is 15.9 Å². The SMILES string of the molecule is COC(=O)CC1(CSCc2sccc2Br)CC1. The highest BCUT2D eigenvalue weighted by Gasteiger charge is 2.44. The Kier molecular flexibility index (Phi) is 4.55. The summed E-state index contributed by atoms with van der Waals surface area (Å²) in [6.07, 6.45) is 2.92. The van der Waals surface area contributed by atoms with Crippen molar-refractivity contribution in [2.45, 2.75) is 25.0 Å². The molecule has 17 heavy (non-hydrogen) atoms. The van der Waals surface area contributed by atoms with E-state index in [2.05, 4.69) is 27.4 Å². The summed E-state index contributed by atoms with van der Waals surface area (Å²) in [5.74, 6) is 2.02. The van der Waals surface area contributed by atoms with E-state index >= 15 is 0 Å². The van der Waals surface area contributed by atoms with Crippen molar-refractivity contribution in [3.8, 4) is 0 Å². The quantitative estimate of drug-likeness (QED) is 0.733. The van der Waals surface area contributed by atoms with E-state index in [1.807, 2.05) is 11.8 Å². The first-order valence-corrected chi connectivity index (χ1v) is 8.34. The molecule has 1 aliphatic rings. The van der Waals surface area contributed by atoms with Crippen LogP contribution in [-0.4, -0.2) is 18.8 Å². The summed E-state index contributed by atoms with van der Waals surface area (Å²) in [6, 6.07) is 2.09. The van der Waals surface area contributed by atoms with Gasteiger partial charge in [-0.2, -0.15) is 11.8 Å². The molecule has 0 spiro atoms. The van der Waals surface area contributed by atoms with Crippen LogP contribution in [0, 0.1) is 5.41 Å². The lowest BCUT2D eigenvalue weighted by Crippen LogP contribution is -2.13. The molecule has 0 aromatic carbocycles. The minimum atomic E-state index is -0.0691. The summed E-state index contributed by atoms with van der Waals surface area (Å²) in [6.45, 7) is 0. The van der Waals surface area contributed by atoms with E-state index in [1.54, 1.807) is 11.3 Å². The highest BCUT2D eigenvalue weighted by atomic mass is 79.9. The molecule has 94 valence electrons. The van der Waals surface area contributed by atoms with E-state index in [4.69, 9.17) is 4.74 Å². The molecule has 0 radical (unpaired) electrons. The number of carbonyl (C=O) groups is 1. The second-order valence-corrected chi connectivity index (χ2v) is 7.28. The Morgan fingerprint density at radius 3 is 2.94 bits per heavy atom. The zero-order chi connectivity index (χ0) is 12.3. The van der Waals surface area contributed by atoms with Gasteiger partial charge in [0, 0.05) is 15.1 Å². The second-order valence-electron chi connectivity index (χ2n) is 4.44. The molecule has 0 amide bonds. The van der Waals surface area contributed by atoms with Gasteiger partial charge in [-0.1, -0.05) is 0 Å². The fourth-order valence-electron chi connectivity index (χ4n) is 1.72. The summed E-state index contributed by atoms with van der Waals surface area (Å²) in [7, 11) is 1.47. The van der Waals surface area contributed by atoms with Crippen molar-refractivity contribution >= 4 is 45.0 Å². The first kappa shape index (κ1) is 13.4. The zero-order valence-electron chi connectivity index (χ0n) is 9.70. The highest BCUT2D eigenvalue weighted by Crippen LogP contribution is 2.51. The Morgan fingerprint density at radius 1 is 1.65 bits per heavy atom. The van der Waals surface area contributed by atoms with Crippen molar-refractivity contribution in [3.63, 3.8) is 0 Å². The molecular formula is C12H15BrO2S2. The van der Waals surface area contributed by atoms with E-state index < -0.39 is 0 Å². The fraction of sp³-hybridized carbons (Fsp3) is 0.583. The van der Waals surface area contributed by atoms with Crippen LogP contribution < -0.4 is 0 Å². The van der Waals surface area contributed by atoms with E-state index in [9.17, 15) is 4.79 Å². The molecule has 0 unspecified atom stereocenters. The lowest BCUT2D eigenvalue weighted by atomic mass is 10.1. The lowest BCUT2D eigenvalue weighted by molar-refractivity contribution is -0.141. The molecule has 0 N–H and O–H groups in total. The molecule has 0 bridgehead atoms. The van der Waals surface area contributed by atoms with Crippen LogP contribution in [0.25, 0.3) is 0 Å². The molecule has 1 fully saturated rings. The van der Waals surface area contributed by atoms with E-state index in [0.29, 0.717) is 6.42 Å². The van der Waals surface area contributed by atoms with Gasteiger partial charge in [-0.05, 0) is 51.4 Å². The Balaban J connectivity index is 1.75. The van der Waals surface area contributed by atoms with Gasteiger partial charge in [-0.25, -0.2) is 0 Å². The topological polar surface area (TPSA) is 26.3 Å². The number of carbonyl (C=O) groups excluding carboxylic acids is 1. The van der Waals surface area contributed by atoms with Crippen LogP contribution in [-0.2, 0) is 15.3 Å². The molecule has 5 heteroatoms. The number of thiophene rings is 1. The first-order valence-electron chi connectivity index (χ1n) is 5.52. The standard InChI is InChI=1S/C12H15BrO2S2/c1-15-11(14)6-12(3-4-12)8-16-7-10-9(13)2-5-17-10/h2,5H,3-4,6-8H2,1H3. The number of hydrogen-bond acceptors (Lipinski definition) is 4. The van der Waals surface area contributed by atoms with Gasteiger partial charge in [-0.15, -0.1) is 11.3 Å². The Labute approximate surface area is 118 Å². The van der Waals surface area contributed by atoms with Crippen molar-refractivity contribution in [2.24, 2.45) is 5.41 Å². The third-order valence-electron chi connectivity index (χ3n) is 3.04. The largest absolute Gasteiger partial charge is 0.469 e. The monoisotopic (exact) mass is 334 g/mol. The summed E-state index contributed by atoms with van der Waals surface area (Å²) >= 11 is 7.24. The predicted molar refractivity (Wildman–Crippen MR) is 76.5 cm³/mol. The van der Waals surface area contributed by atoms with Crippen molar-refractivity contribution < 1.29 is 9.53 Å². The van der Waals surface area contributed by atoms with Crippen molar-refractivity contribution in [2.75, 3.05) is 12.9 Å². The minimum absolute atomic E-state index is 0.0691. The normalized spacial score (nSPS) is 16.8. The molecule has 1 heterocycles. The van der Waals surface area contributed by atoms with Crippen LogP contribution in [0.1, 0.15) is 24.1 Å². The van der Waals surface area contributed by atoms with Crippen LogP contribution in [0.5, 0.6) is 0 Å². The average molecular weight is 335 g/mol. The number of thioether (sulfide) groups is 1. The molecule has 0 saturated heterocycles.